The lowest BCUT2D eigenvalue weighted by Gasteiger charge is -2.20. The van der Waals surface area contributed by atoms with Crippen LogP contribution < -0.4 is 0 Å². The monoisotopic (exact) mass is 200 g/mol. The van der Waals surface area contributed by atoms with Crippen LogP contribution in [0.1, 0.15) is 20.3 Å². The van der Waals surface area contributed by atoms with E-state index in [0.29, 0.717) is 13.0 Å². The molecular weight excluding hydrogens is 180 g/mol. The molecule has 0 spiro atoms. The van der Waals surface area contributed by atoms with E-state index in [-0.39, 0.29) is 17.7 Å². The third-order valence-electron chi connectivity index (χ3n) is 2.03. The van der Waals surface area contributed by atoms with Gasteiger partial charge < -0.3 is 9.80 Å². The van der Waals surface area contributed by atoms with Gasteiger partial charge in [-0.3, -0.25) is 9.59 Å². The van der Waals surface area contributed by atoms with Crippen LogP contribution in [0.3, 0.4) is 0 Å². The second-order valence-corrected chi connectivity index (χ2v) is 3.95. The van der Waals surface area contributed by atoms with Crippen molar-refractivity contribution in [3.63, 3.8) is 0 Å². The van der Waals surface area contributed by atoms with Gasteiger partial charge in [0.15, 0.2) is 0 Å². The fourth-order valence-electron chi connectivity index (χ4n) is 1.04. The Morgan fingerprint density at radius 2 is 1.64 bits per heavy atom. The average molecular weight is 200 g/mol. The highest BCUT2D eigenvalue weighted by molar-refractivity contribution is 5.79. The number of nitrogens with zero attached hydrogens (tertiary/aromatic N) is 2. The van der Waals surface area contributed by atoms with Crippen LogP contribution in [0.5, 0.6) is 0 Å². The summed E-state index contributed by atoms with van der Waals surface area (Å²) < 4.78 is 0. The van der Waals surface area contributed by atoms with E-state index in [0.717, 1.165) is 0 Å². The molecule has 2 amide bonds. The molecule has 0 bridgehead atoms. The minimum atomic E-state index is -0.00513. The summed E-state index contributed by atoms with van der Waals surface area (Å²) in [6, 6.07) is 0. The molecule has 82 valence electrons. The third-order valence-corrected chi connectivity index (χ3v) is 2.03. The predicted octanol–water partition coefficient (Wildman–Crippen LogP) is 0.579. The average Bonchev–Trinajstić information content (AvgIpc) is 2.11. The Morgan fingerprint density at radius 3 is 2.00 bits per heavy atom. The molecule has 0 N–H and O–H groups in total. The molecule has 0 aliphatic heterocycles. The van der Waals surface area contributed by atoms with E-state index in [1.54, 1.807) is 26.0 Å². The molecule has 4 heteroatoms. The van der Waals surface area contributed by atoms with Crippen molar-refractivity contribution in [2.24, 2.45) is 5.92 Å². The number of amides is 2. The summed E-state index contributed by atoms with van der Waals surface area (Å²) in [7, 11) is 5.16. The van der Waals surface area contributed by atoms with Crippen LogP contribution in [-0.2, 0) is 9.59 Å². The zero-order valence-electron chi connectivity index (χ0n) is 9.70. The molecule has 0 aliphatic carbocycles. The lowest BCUT2D eigenvalue weighted by Crippen LogP contribution is -2.34. The van der Waals surface area contributed by atoms with Gasteiger partial charge in [-0.2, -0.15) is 0 Å². The van der Waals surface area contributed by atoms with Crippen molar-refractivity contribution in [2.45, 2.75) is 20.3 Å². The first-order valence-corrected chi connectivity index (χ1v) is 4.81. The molecule has 0 saturated heterocycles. The molecule has 0 atom stereocenters. The molecule has 0 fully saturated rings. The first-order valence-electron chi connectivity index (χ1n) is 4.81. The maximum atomic E-state index is 11.4. The summed E-state index contributed by atoms with van der Waals surface area (Å²) in [4.78, 5) is 25.8. The van der Waals surface area contributed by atoms with Gasteiger partial charge >= 0.3 is 0 Å². The van der Waals surface area contributed by atoms with Gasteiger partial charge in [-0.05, 0) is 0 Å². The van der Waals surface area contributed by atoms with Crippen LogP contribution >= 0.6 is 0 Å². The van der Waals surface area contributed by atoms with Gasteiger partial charge in [0, 0.05) is 40.0 Å². The van der Waals surface area contributed by atoms with E-state index in [9.17, 15) is 9.59 Å². The fraction of sp³-hybridized carbons (Fsp3) is 0.800. The van der Waals surface area contributed by atoms with Gasteiger partial charge in [-0.15, -0.1) is 0 Å². The summed E-state index contributed by atoms with van der Waals surface area (Å²) >= 11 is 0. The second-order valence-electron chi connectivity index (χ2n) is 3.95. The molecule has 0 saturated carbocycles. The summed E-state index contributed by atoms with van der Waals surface area (Å²) in [5.41, 5.74) is 0. The van der Waals surface area contributed by atoms with Crippen molar-refractivity contribution >= 4 is 11.8 Å². The van der Waals surface area contributed by atoms with Crippen LogP contribution in [0.15, 0.2) is 0 Å². The van der Waals surface area contributed by atoms with E-state index >= 15 is 0 Å². The Morgan fingerprint density at radius 1 is 1.14 bits per heavy atom. The van der Waals surface area contributed by atoms with Gasteiger partial charge in [0.05, 0.1) is 0 Å². The van der Waals surface area contributed by atoms with E-state index < -0.39 is 0 Å². The molecule has 0 unspecified atom stereocenters. The van der Waals surface area contributed by atoms with E-state index in [2.05, 4.69) is 0 Å². The third kappa shape index (κ3) is 4.25. The second kappa shape index (κ2) is 5.62. The molecule has 4 nitrogen and oxygen atoms in total. The van der Waals surface area contributed by atoms with Gasteiger partial charge in [0.2, 0.25) is 11.8 Å². The minimum absolute atomic E-state index is 0.00513. The SMILES string of the molecule is CC(C)C(=O)N(C)CCC(=O)N(C)C. The Bertz CT molecular complexity index is 212. The van der Waals surface area contributed by atoms with Crippen LogP contribution in [0, 0.1) is 5.92 Å². The highest BCUT2D eigenvalue weighted by Gasteiger charge is 2.14. The first kappa shape index (κ1) is 12.9. The van der Waals surface area contributed by atoms with E-state index in [1.807, 2.05) is 13.8 Å². The summed E-state index contributed by atoms with van der Waals surface area (Å²) in [6.45, 7) is 4.20. The molecule has 0 aromatic rings. The molecule has 0 heterocycles. The molecule has 0 aliphatic rings. The van der Waals surface area contributed by atoms with E-state index in [1.165, 1.54) is 4.90 Å². The predicted molar refractivity (Wildman–Crippen MR) is 55.8 cm³/mol. The lowest BCUT2D eigenvalue weighted by molar-refractivity contribution is -0.134. The van der Waals surface area contributed by atoms with Crippen LogP contribution in [-0.4, -0.2) is 49.3 Å². The maximum absolute atomic E-state index is 11.4. The molecule has 0 aromatic carbocycles. The quantitative estimate of drug-likeness (QED) is 0.666. The zero-order chi connectivity index (χ0) is 11.3. The Kier molecular flexibility index (Phi) is 5.20. The number of rotatable bonds is 4. The normalized spacial score (nSPS) is 10.1. The Balaban J connectivity index is 3.91. The first-order chi connectivity index (χ1) is 6.36. The standard InChI is InChI=1S/C10H20N2O2/c1-8(2)10(14)12(5)7-6-9(13)11(3)4/h8H,6-7H2,1-5H3. The largest absolute Gasteiger partial charge is 0.349 e. The van der Waals surface area contributed by atoms with Gasteiger partial charge in [0.1, 0.15) is 0 Å². The van der Waals surface area contributed by atoms with Gasteiger partial charge in [-0.25, -0.2) is 0 Å². The Hall–Kier alpha value is -1.06. The van der Waals surface area contributed by atoms with Crippen LogP contribution in [0.4, 0.5) is 0 Å². The maximum Gasteiger partial charge on any atom is 0.224 e. The number of hydrogen-bond donors (Lipinski definition) is 0. The number of hydrogen-bond acceptors (Lipinski definition) is 2. The summed E-state index contributed by atoms with van der Waals surface area (Å²) in [5, 5.41) is 0. The van der Waals surface area contributed by atoms with E-state index in [4.69, 9.17) is 0 Å². The molecule has 0 aromatic heterocycles. The minimum Gasteiger partial charge on any atom is -0.349 e. The lowest BCUT2D eigenvalue weighted by atomic mass is 10.2. The van der Waals surface area contributed by atoms with Crippen molar-refractivity contribution in [1.29, 1.82) is 0 Å². The Labute approximate surface area is 85.9 Å². The smallest absolute Gasteiger partial charge is 0.224 e. The fourth-order valence-corrected chi connectivity index (χ4v) is 1.04. The topological polar surface area (TPSA) is 40.6 Å². The van der Waals surface area contributed by atoms with Crippen molar-refractivity contribution in [3.8, 4) is 0 Å². The van der Waals surface area contributed by atoms with Crippen LogP contribution in [0.25, 0.3) is 0 Å². The van der Waals surface area contributed by atoms with Crippen molar-refractivity contribution in [3.05, 3.63) is 0 Å². The van der Waals surface area contributed by atoms with Crippen LogP contribution in [0.2, 0.25) is 0 Å². The molecular formula is C10H20N2O2. The van der Waals surface area contributed by atoms with Crippen molar-refractivity contribution in [2.75, 3.05) is 27.7 Å². The van der Waals surface area contributed by atoms with Crippen molar-refractivity contribution < 1.29 is 9.59 Å². The summed E-state index contributed by atoms with van der Waals surface area (Å²) in [5.74, 6) is 0.124. The summed E-state index contributed by atoms with van der Waals surface area (Å²) in [6.07, 6.45) is 0.391. The van der Waals surface area contributed by atoms with Gasteiger partial charge in [0.25, 0.3) is 0 Å². The van der Waals surface area contributed by atoms with Crippen molar-refractivity contribution in [1.82, 2.24) is 9.80 Å². The highest BCUT2D eigenvalue weighted by Crippen LogP contribution is 2.00. The zero-order valence-corrected chi connectivity index (χ0v) is 9.70. The highest BCUT2D eigenvalue weighted by atomic mass is 16.2. The molecule has 14 heavy (non-hydrogen) atoms. The number of carbonyl (C=O) groups is 2. The molecule has 0 rings (SSSR count). The number of carbonyl (C=O) groups excluding carboxylic acids is 2. The molecule has 0 radical (unpaired) electrons. The van der Waals surface area contributed by atoms with Gasteiger partial charge in [-0.1, -0.05) is 13.8 Å².